The highest BCUT2D eigenvalue weighted by molar-refractivity contribution is 5.40. The van der Waals surface area contributed by atoms with Crippen LogP contribution in [0.25, 0.3) is 0 Å². The van der Waals surface area contributed by atoms with Crippen molar-refractivity contribution in [3.8, 4) is 5.75 Å². The van der Waals surface area contributed by atoms with Crippen molar-refractivity contribution < 1.29 is 9.26 Å². The number of benzene rings is 1. The van der Waals surface area contributed by atoms with Crippen LogP contribution in [-0.2, 0) is 0 Å². The van der Waals surface area contributed by atoms with Crippen LogP contribution < -0.4 is 10.5 Å². The fourth-order valence-electron chi connectivity index (χ4n) is 2.58. The number of para-hydroxylation sites is 1. The third kappa shape index (κ3) is 2.41. The van der Waals surface area contributed by atoms with Crippen molar-refractivity contribution in [1.29, 1.82) is 0 Å². The lowest BCUT2D eigenvalue weighted by Gasteiger charge is -2.23. The van der Waals surface area contributed by atoms with Crippen LogP contribution in [0, 0.1) is 0 Å². The van der Waals surface area contributed by atoms with E-state index in [2.05, 4.69) is 23.1 Å². The van der Waals surface area contributed by atoms with E-state index in [-0.39, 0.29) is 12.0 Å². The number of nitrogens with zero attached hydrogens (tertiary/aromatic N) is 2. The van der Waals surface area contributed by atoms with Gasteiger partial charge in [-0.3, -0.25) is 0 Å². The molecule has 1 aliphatic rings. The number of ether oxygens (including phenoxy) is 1. The molecule has 3 rings (SSSR count). The van der Waals surface area contributed by atoms with Crippen LogP contribution in [-0.4, -0.2) is 16.7 Å². The molecular formula is C15H19N3O2. The average Bonchev–Trinajstić information content (AvgIpc) is 2.97. The van der Waals surface area contributed by atoms with Crippen LogP contribution in [0.3, 0.4) is 0 Å². The first-order valence-corrected chi connectivity index (χ1v) is 7.10. The maximum atomic E-state index is 6.02. The van der Waals surface area contributed by atoms with Gasteiger partial charge < -0.3 is 15.0 Å². The van der Waals surface area contributed by atoms with Gasteiger partial charge >= 0.3 is 0 Å². The van der Waals surface area contributed by atoms with Crippen molar-refractivity contribution in [2.45, 2.75) is 38.1 Å². The number of aromatic nitrogens is 2. The third-order valence-corrected chi connectivity index (χ3v) is 3.64. The Balaban J connectivity index is 1.87. The second-order valence-corrected chi connectivity index (χ2v) is 5.11. The van der Waals surface area contributed by atoms with E-state index in [9.17, 15) is 0 Å². The number of rotatable bonds is 4. The van der Waals surface area contributed by atoms with Crippen LogP contribution >= 0.6 is 0 Å². The van der Waals surface area contributed by atoms with Gasteiger partial charge in [0.1, 0.15) is 5.75 Å². The summed E-state index contributed by atoms with van der Waals surface area (Å²) in [6, 6.07) is 7.84. The maximum absolute atomic E-state index is 6.02. The molecule has 2 aromatic rings. The van der Waals surface area contributed by atoms with Gasteiger partial charge in [-0.25, -0.2) is 0 Å². The summed E-state index contributed by atoms with van der Waals surface area (Å²) >= 11 is 0. The van der Waals surface area contributed by atoms with Crippen LogP contribution in [0.5, 0.6) is 5.75 Å². The minimum atomic E-state index is -0.170. The number of nitrogens with two attached hydrogens (primary N) is 1. The van der Waals surface area contributed by atoms with Crippen LogP contribution in [0.4, 0.5) is 0 Å². The molecular weight excluding hydrogens is 254 g/mol. The molecule has 1 aromatic carbocycles. The van der Waals surface area contributed by atoms with E-state index < -0.39 is 0 Å². The maximum Gasteiger partial charge on any atom is 0.243 e. The van der Waals surface area contributed by atoms with Crippen LogP contribution in [0.1, 0.15) is 55.4 Å². The van der Waals surface area contributed by atoms with Gasteiger partial charge in [-0.05, 0) is 18.9 Å². The average molecular weight is 273 g/mol. The van der Waals surface area contributed by atoms with E-state index in [1.165, 1.54) is 0 Å². The molecule has 0 radical (unpaired) electrons. The SMILES string of the molecule is CCC[C@@H](N)c1nc(C2CCOc3ccccc32)no1. The predicted octanol–water partition coefficient (Wildman–Crippen LogP) is 2.78. The van der Waals surface area contributed by atoms with Gasteiger partial charge in [-0.1, -0.05) is 36.7 Å². The fourth-order valence-corrected chi connectivity index (χ4v) is 2.58. The Hall–Kier alpha value is -1.88. The Labute approximate surface area is 118 Å². The van der Waals surface area contributed by atoms with Crippen molar-refractivity contribution in [2.75, 3.05) is 6.61 Å². The largest absolute Gasteiger partial charge is 0.493 e. The Morgan fingerprint density at radius 3 is 3.10 bits per heavy atom. The molecule has 0 spiro atoms. The molecule has 2 atom stereocenters. The lowest BCUT2D eigenvalue weighted by Crippen LogP contribution is -2.16. The summed E-state index contributed by atoms with van der Waals surface area (Å²) in [4.78, 5) is 4.49. The highest BCUT2D eigenvalue weighted by Gasteiger charge is 2.27. The van der Waals surface area contributed by atoms with E-state index in [1.54, 1.807) is 0 Å². The molecule has 0 bridgehead atoms. The monoisotopic (exact) mass is 273 g/mol. The van der Waals surface area contributed by atoms with Gasteiger partial charge in [0, 0.05) is 5.56 Å². The van der Waals surface area contributed by atoms with Crippen molar-refractivity contribution in [1.82, 2.24) is 10.1 Å². The highest BCUT2D eigenvalue weighted by atomic mass is 16.5. The van der Waals surface area contributed by atoms with Gasteiger partial charge in [0.05, 0.1) is 18.6 Å². The topological polar surface area (TPSA) is 74.2 Å². The summed E-state index contributed by atoms with van der Waals surface area (Å²) in [5, 5.41) is 4.12. The van der Waals surface area contributed by atoms with Crippen molar-refractivity contribution in [3.63, 3.8) is 0 Å². The zero-order valence-electron chi connectivity index (χ0n) is 11.6. The first-order chi connectivity index (χ1) is 9.79. The second kappa shape index (κ2) is 5.63. The standard InChI is InChI=1S/C15H19N3O2/c1-2-5-12(16)15-17-14(18-20-15)11-8-9-19-13-7-4-3-6-10(11)13/h3-4,6-7,11-12H,2,5,8-9,16H2,1H3/t11?,12-/m1/s1. The van der Waals surface area contributed by atoms with Crippen molar-refractivity contribution >= 4 is 0 Å². The molecule has 0 amide bonds. The molecule has 20 heavy (non-hydrogen) atoms. The Morgan fingerprint density at radius 2 is 2.25 bits per heavy atom. The molecule has 2 N–H and O–H groups in total. The van der Waals surface area contributed by atoms with Crippen LogP contribution in [0.15, 0.2) is 28.8 Å². The van der Waals surface area contributed by atoms with Gasteiger partial charge in [0.25, 0.3) is 0 Å². The minimum absolute atomic E-state index is 0.131. The Kier molecular flexibility index (Phi) is 3.69. The predicted molar refractivity (Wildman–Crippen MR) is 74.5 cm³/mol. The molecule has 1 aliphatic heterocycles. The summed E-state index contributed by atoms with van der Waals surface area (Å²) in [7, 11) is 0. The normalized spacial score (nSPS) is 19.2. The molecule has 106 valence electrons. The second-order valence-electron chi connectivity index (χ2n) is 5.11. The molecule has 5 nitrogen and oxygen atoms in total. The fraction of sp³-hybridized carbons (Fsp3) is 0.467. The zero-order chi connectivity index (χ0) is 13.9. The van der Waals surface area contributed by atoms with E-state index in [0.717, 1.165) is 30.6 Å². The third-order valence-electron chi connectivity index (χ3n) is 3.64. The minimum Gasteiger partial charge on any atom is -0.493 e. The summed E-state index contributed by atoms with van der Waals surface area (Å²) in [5.74, 6) is 2.28. The van der Waals surface area contributed by atoms with Gasteiger partial charge in [-0.15, -0.1) is 0 Å². The zero-order valence-corrected chi connectivity index (χ0v) is 11.6. The molecule has 0 aliphatic carbocycles. The van der Waals surface area contributed by atoms with E-state index >= 15 is 0 Å². The summed E-state index contributed by atoms with van der Waals surface area (Å²) in [6.45, 7) is 2.76. The Morgan fingerprint density at radius 1 is 1.40 bits per heavy atom. The van der Waals surface area contributed by atoms with E-state index in [0.29, 0.717) is 18.3 Å². The van der Waals surface area contributed by atoms with Gasteiger partial charge in [-0.2, -0.15) is 4.98 Å². The van der Waals surface area contributed by atoms with Crippen molar-refractivity contribution in [3.05, 3.63) is 41.5 Å². The van der Waals surface area contributed by atoms with Crippen molar-refractivity contribution in [2.24, 2.45) is 5.73 Å². The molecule has 0 saturated carbocycles. The first kappa shape index (κ1) is 13.1. The molecule has 5 heteroatoms. The molecule has 2 heterocycles. The molecule has 0 saturated heterocycles. The van der Waals surface area contributed by atoms with Gasteiger partial charge in [0.15, 0.2) is 5.82 Å². The van der Waals surface area contributed by atoms with Crippen LogP contribution in [0.2, 0.25) is 0 Å². The Bertz CT molecular complexity index is 582. The molecule has 1 unspecified atom stereocenters. The van der Waals surface area contributed by atoms with Gasteiger partial charge in [0.2, 0.25) is 5.89 Å². The lowest BCUT2D eigenvalue weighted by molar-refractivity contribution is 0.271. The first-order valence-electron chi connectivity index (χ1n) is 7.10. The number of fused-ring (bicyclic) bond motifs is 1. The summed E-state index contributed by atoms with van der Waals surface area (Å²) in [5.41, 5.74) is 7.14. The molecule has 0 fully saturated rings. The van der Waals surface area contributed by atoms with E-state index in [4.69, 9.17) is 15.0 Å². The summed E-state index contributed by atoms with van der Waals surface area (Å²) in [6.07, 6.45) is 2.71. The highest BCUT2D eigenvalue weighted by Crippen LogP contribution is 2.36. The summed E-state index contributed by atoms with van der Waals surface area (Å²) < 4.78 is 11.0. The number of hydrogen-bond acceptors (Lipinski definition) is 5. The smallest absolute Gasteiger partial charge is 0.243 e. The number of hydrogen-bond donors (Lipinski definition) is 1. The molecule has 1 aromatic heterocycles. The van der Waals surface area contributed by atoms with E-state index in [1.807, 2.05) is 18.2 Å². The quantitative estimate of drug-likeness (QED) is 0.927. The lowest BCUT2D eigenvalue weighted by atomic mass is 9.92.